The second-order valence-corrected chi connectivity index (χ2v) is 4.27. The summed E-state index contributed by atoms with van der Waals surface area (Å²) in [7, 11) is 6.52. The van der Waals surface area contributed by atoms with Gasteiger partial charge in [0.25, 0.3) is 0 Å². The quantitative estimate of drug-likeness (QED) is 0.676. The van der Waals surface area contributed by atoms with Crippen molar-refractivity contribution in [1.82, 2.24) is 15.1 Å². The van der Waals surface area contributed by atoms with Crippen molar-refractivity contribution in [3.8, 4) is 0 Å². The van der Waals surface area contributed by atoms with E-state index in [4.69, 9.17) is 0 Å². The van der Waals surface area contributed by atoms with Crippen molar-refractivity contribution in [2.24, 2.45) is 0 Å². The Balaban J connectivity index is 2.17. The van der Waals surface area contributed by atoms with Crippen molar-refractivity contribution in [3.05, 3.63) is 0 Å². The molecule has 13 heavy (non-hydrogen) atoms. The molecule has 3 heteroatoms. The lowest BCUT2D eigenvalue weighted by Crippen LogP contribution is -2.43. The fourth-order valence-electron chi connectivity index (χ4n) is 1.79. The SMILES string of the molecule is CN(C)CCN(C)C1CCNCC1. The Morgan fingerprint density at radius 3 is 2.23 bits per heavy atom. The van der Waals surface area contributed by atoms with Crippen LogP contribution in [0.15, 0.2) is 0 Å². The van der Waals surface area contributed by atoms with Gasteiger partial charge in [0.1, 0.15) is 0 Å². The predicted octanol–water partition coefficient (Wildman–Crippen LogP) is 0.232. The number of rotatable bonds is 4. The van der Waals surface area contributed by atoms with Crippen molar-refractivity contribution in [2.45, 2.75) is 18.9 Å². The smallest absolute Gasteiger partial charge is 0.0117 e. The fourth-order valence-corrected chi connectivity index (χ4v) is 1.79. The van der Waals surface area contributed by atoms with Gasteiger partial charge in [0, 0.05) is 19.1 Å². The van der Waals surface area contributed by atoms with E-state index in [1.54, 1.807) is 0 Å². The van der Waals surface area contributed by atoms with Crippen LogP contribution in [0.1, 0.15) is 12.8 Å². The zero-order chi connectivity index (χ0) is 9.68. The molecule has 0 unspecified atom stereocenters. The molecule has 1 heterocycles. The molecule has 0 bridgehead atoms. The van der Waals surface area contributed by atoms with E-state index >= 15 is 0 Å². The van der Waals surface area contributed by atoms with Gasteiger partial charge < -0.3 is 15.1 Å². The lowest BCUT2D eigenvalue weighted by Gasteiger charge is -2.32. The summed E-state index contributed by atoms with van der Waals surface area (Å²) in [5.41, 5.74) is 0. The highest BCUT2D eigenvalue weighted by Gasteiger charge is 2.16. The first-order chi connectivity index (χ1) is 6.20. The maximum absolute atomic E-state index is 3.40. The standard InChI is InChI=1S/C10H23N3/c1-12(2)8-9-13(3)10-4-6-11-7-5-10/h10-11H,4-9H2,1-3H3. The summed E-state index contributed by atoms with van der Waals surface area (Å²) in [6.45, 7) is 4.74. The molecular formula is C10H23N3. The summed E-state index contributed by atoms with van der Waals surface area (Å²) in [6, 6.07) is 0.807. The van der Waals surface area contributed by atoms with Crippen LogP contribution in [0.3, 0.4) is 0 Å². The molecule has 0 aromatic carbocycles. The molecule has 1 saturated heterocycles. The van der Waals surface area contributed by atoms with Crippen LogP contribution in [0.4, 0.5) is 0 Å². The van der Waals surface area contributed by atoms with E-state index in [9.17, 15) is 0 Å². The Kier molecular flexibility index (Phi) is 4.70. The second-order valence-electron chi connectivity index (χ2n) is 4.27. The van der Waals surface area contributed by atoms with Crippen LogP contribution < -0.4 is 5.32 Å². The Hall–Kier alpha value is -0.120. The molecule has 1 N–H and O–H groups in total. The third-order valence-electron chi connectivity index (χ3n) is 2.83. The zero-order valence-corrected chi connectivity index (χ0v) is 9.21. The summed E-state index contributed by atoms with van der Waals surface area (Å²) < 4.78 is 0. The second kappa shape index (κ2) is 5.58. The number of piperidine rings is 1. The van der Waals surface area contributed by atoms with Gasteiger partial charge in [0.05, 0.1) is 0 Å². The molecule has 0 spiro atoms. The molecule has 0 radical (unpaired) electrons. The van der Waals surface area contributed by atoms with Crippen molar-refractivity contribution in [1.29, 1.82) is 0 Å². The van der Waals surface area contributed by atoms with Gasteiger partial charge in [-0.25, -0.2) is 0 Å². The minimum atomic E-state index is 0.807. The zero-order valence-electron chi connectivity index (χ0n) is 9.21. The number of nitrogens with one attached hydrogen (secondary N) is 1. The third kappa shape index (κ3) is 4.07. The average Bonchev–Trinajstić information content (AvgIpc) is 2.15. The Morgan fingerprint density at radius 2 is 1.69 bits per heavy atom. The highest BCUT2D eigenvalue weighted by atomic mass is 15.2. The summed E-state index contributed by atoms with van der Waals surface area (Å²) in [6.07, 6.45) is 2.62. The monoisotopic (exact) mass is 185 g/mol. The number of likely N-dealkylation sites (N-methyl/N-ethyl adjacent to an activating group) is 2. The first-order valence-corrected chi connectivity index (χ1v) is 5.26. The van der Waals surface area contributed by atoms with E-state index < -0.39 is 0 Å². The van der Waals surface area contributed by atoms with Crippen LogP contribution in [-0.2, 0) is 0 Å². The van der Waals surface area contributed by atoms with Crippen molar-refractivity contribution in [2.75, 3.05) is 47.3 Å². The van der Waals surface area contributed by atoms with Crippen molar-refractivity contribution < 1.29 is 0 Å². The first-order valence-electron chi connectivity index (χ1n) is 5.26. The van der Waals surface area contributed by atoms with Crippen LogP contribution >= 0.6 is 0 Å². The van der Waals surface area contributed by atoms with Crippen molar-refractivity contribution in [3.63, 3.8) is 0 Å². The summed E-state index contributed by atoms with van der Waals surface area (Å²) in [5, 5.41) is 3.40. The van der Waals surface area contributed by atoms with Gasteiger partial charge in [0.2, 0.25) is 0 Å². The Bertz CT molecular complexity index is 130. The largest absolute Gasteiger partial charge is 0.317 e. The van der Waals surface area contributed by atoms with Crippen LogP contribution in [-0.4, -0.2) is 63.2 Å². The van der Waals surface area contributed by atoms with Gasteiger partial charge in [0.15, 0.2) is 0 Å². The van der Waals surface area contributed by atoms with Crippen LogP contribution in [0.2, 0.25) is 0 Å². The first kappa shape index (κ1) is 11.0. The van der Waals surface area contributed by atoms with Gasteiger partial charge in [-0.1, -0.05) is 0 Å². The van der Waals surface area contributed by atoms with E-state index in [0.29, 0.717) is 0 Å². The van der Waals surface area contributed by atoms with Crippen molar-refractivity contribution >= 4 is 0 Å². The third-order valence-corrected chi connectivity index (χ3v) is 2.83. The fraction of sp³-hybridized carbons (Fsp3) is 1.00. The predicted molar refractivity (Wildman–Crippen MR) is 57.1 cm³/mol. The molecule has 78 valence electrons. The highest BCUT2D eigenvalue weighted by molar-refractivity contribution is 4.75. The van der Waals surface area contributed by atoms with Gasteiger partial charge in [-0.3, -0.25) is 0 Å². The molecule has 0 atom stereocenters. The summed E-state index contributed by atoms with van der Waals surface area (Å²) >= 11 is 0. The molecule has 0 amide bonds. The Morgan fingerprint density at radius 1 is 1.08 bits per heavy atom. The molecule has 3 nitrogen and oxygen atoms in total. The average molecular weight is 185 g/mol. The molecule has 1 aliphatic rings. The van der Waals surface area contributed by atoms with Crippen LogP contribution in [0.5, 0.6) is 0 Å². The van der Waals surface area contributed by atoms with E-state index in [2.05, 4.69) is 36.3 Å². The van der Waals surface area contributed by atoms with Gasteiger partial charge >= 0.3 is 0 Å². The van der Waals surface area contributed by atoms with Crippen LogP contribution in [0.25, 0.3) is 0 Å². The molecule has 1 rings (SSSR count). The van der Waals surface area contributed by atoms with E-state index in [1.165, 1.54) is 39.0 Å². The van der Waals surface area contributed by atoms with Gasteiger partial charge in [-0.2, -0.15) is 0 Å². The molecule has 0 aromatic rings. The van der Waals surface area contributed by atoms with Gasteiger partial charge in [-0.15, -0.1) is 0 Å². The maximum atomic E-state index is 3.40. The maximum Gasteiger partial charge on any atom is 0.0117 e. The van der Waals surface area contributed by atoms with E-state index in [0.717, 1.165) is 6.04 Å². The normalized spacial score (nSPS) is 20.1. The van der Waals surface area contributed by atoms with E-state index in [-0.39, 0.29) is 0 Å². The molecule has 0 aromatic heterocycles. The van der Waals surface area contributed by atoms with Crippen LogP contribution in [0, 0.1) is 0 Å². The number of hydrogen-bond donors (Lipinski definition) is 1. The lowest BCUT2D eigenvalue weighted by atomic mass is 10.1. The minimum absolute atomic E-state index is 0.807. The molecule has 1 aliphatic heterocycles. The van der Waals surface area contributed by atoms with E-state index in [1.807, 2.05) is 0 Å². The summed E-state index contributed by atoms with van der Waals surface area (Å²) in [4.78, 5) is 4.75. The summed E-state index contributed by atoms with van der Waals surface area (Å²) in [5.74, 6) is 0. The number of nitrogens with zero attached hydrogens (tertiary/aromatic N) is 2. The molecule has 0 aliphatic carbocycles. The van der Waals surface area contributed by atoms with Gasteiger partial charge in [-0.05, 0) is 47.1 Å². The number of hydrogen-bond acceptors (Lipinski definition) is 3. The Labute approximate surface area is 82.1 Å². The molecule has 1 fully saturated rings. The lowest BCUT2D eigenvalue weighted by molar-refractivity contribution is 0.183. The molecular weight excluding hydrogens is 162 g/mol. The topological polar surface area (TPSA) is 18.5 Å². The minimum Gasteiger partial charge on any atom is -0.317 e. The molecule has 0 saturated carbocycles. The highest BCUT2D eigenvalue weighted by Crippen LogP contribution is 2.08.